The first-order valence-corrected chi connectivity index (χ1v) is 7.58. The second kappa shape index (κ2) is 7.65. The van der Waals surface area contributed by atoms with E-state index in [2.05, 4.69) is 26.8 Å². The normalized spacial score (nSPS) is 15.8. The van der Waals surface area contributed by atoms with E-state index in [-0.39, 0.29) is 12.0 Å². The van der Waals surface area contributed by atoms with Crippen molar-refractivity contribution >= 4 is 0 Å². The van der Waals surface area contributed by atoms with Crippen molar-refractivity contribution in [1.82, 2.24) is 0 Å². The molecule has 3 heteroatoms. The molecule has 1 aromatic rings. The molecule has 0 fully saturated rings. The van der Waals surface area contributed by atoms with E-state index in [0.717, 1.165) is 12.2 Å². The lowest BCUT2D eigenvalue weighted by molar-refractivity contribution is 0.126. The van der Waals surface area contributed by atoms with Gasteiger partial charge in [-0.15, -0.1) is 0 Å². The molecule has 1 rings (SSSR count). The lowest BCUT2D eigenvalue weighted by Crippen LogP contribution is -2.34. The molecule has 114 valence electrons. The average Bonchev–Trinajstić information content (AvgIpc) is 2.43. The van der Waals surface area contributed by atoms with Gasteiger partial charge in [0.05, 0.1) is 12.7 Å². The Morgan fingerprint density at radius 1 is 1.20 bits per heavy atom. The molecule has 0 aromatic heterocycles. The highest BCUT2D eigenvalue weighted by molar-refractivity contribution is 5.44. The predicted octanol–water partition coefficient (Wildman–Crippen LogP) is 3.29. The van der Waals surface area contributed by atoms with Crippen molar-refractivity contribution in [3.05, 3.63) is 28.8 Å². The molecule has 0 saturated carbocycles. The van der Waals surface area contributed by atoms with Crippen molar-refractivity contribution in [2.45, 2.75) is 65.5 Å². The summed E-state index contributed by atoms with van der Waals surface area (Å²) < 4.78 is 5.62. The Hall–Kier alpha value is -1.06. The smallest absolute Gasteiger partial charge is 0.122 e. The number of ether oxygens (including phenoxy) is 1. The van der Waals surface area contributed by atoms with Crippen LogP contribution in [0.25, 0.3) is 0 Å². The first-order chi connectivity index (χ1) is 9.42. The summed E-state index contributed by atoms with van der Waals surface area (Å²) in [5.41, 5.74) is 9.61. The van der Waals surface area contributed by atoms with E-state index in [1.165, 1.54) is 16.7 Å². The Balaban J connectivity index is 2.88. The van der Waals surface area contributed by atoms with Gasteiger partial charge in [0.2, 0.25) is 0 Å². The molecule has 1 aromatic carbocycles. The molecular formula is C17H29NO2. The summed E-state index contributed by atoms with van der Waals surface area (Å²) in [6, 6.07) is 4.01. The Morgan fingerprint density at radius 2 is 1.85 bits per heavy atom. The van der Waals surface area contributed by atoms with Gasteiger partial charge in [0.15, 0.2) is 0 Å². The van der Waals surface area contributed by atoms with Crippen molar-refractivity contribution in [1.29, 1.82) is 0 Å². The third-order valence-electron chi connectivity index (χ3n) is 4.17. The number of benzene rings is 1. The number of hydrogen-bond donors (Lipinski definition) is 2. The molecule has 0 aliphatic carbocycles. The van der Waals surface area contributed by atoms with Crippen molar-refractivity contribution in [2.75, 3.05) is 6.61 Å². The summed E-state index contributed by atoms with van der Waals surface area (Å²) >= 11 is 0. The van der Waals surface area contributed by atoms with Crippen LogP contribution in [0.15, 0.2) is 12.1 Å². The Labute approximate surface area is 123 Å². The van der Waals surface area contributed by atoms with E-state index in [4.69, 9.17) is 10.5 Å². The van der Waals surface area contributed by atoms with Gasteiger partial charge < -0.3 is 15.6 Å². The molecule has 20 heavy (non-hydrogen) atoms. The summed E-state index contributed by atoms with van der Waals surface area (Å²) in [4.78, 5) is 0. The van der Waals surface area contributed by atoms with Gasteiger partial charge in [-0.3, -0.25) is 0 Å². The number of rotatable bonds is 7. The van der Waals surface area contributed by atoms with Gasteiger partial charge in [-0.05, 0) is 62.3 Å². The average molecular weight is 279 g/mol. The van der Waals surface area contributed by atoms with E-state index < -0.39 is 6.10 Å². The summed E-state index contributed by atoms with van der Waals surface area (Å²) in [5, 5.41) is 10.1. The fourth-order valence-electron chi connectivity index (χ4n) is 2.60. The monoisotopic (exact) mass is 279 g/mol. The van der Waals surface area contributed by atoms with Crippen LogP contribution in [0.1, 0.15) is 56.2 Å². The fraction of sp³-hybridized carbons (Fsp3) is 0.647. The van der Waals surface area contributed by atoms with Crippen LogP contribution in [0.2, 0.25) is 0 Å². The van der Waals surface area contributed by atoms with Gasteiger partial charge in [0.25, 0.3) is 0 Å². The van der Waals surface area contributed by atoms with Crippen LogP contribution in [-0.4, -0.2) is 23.9 Å². The molecular weight excluding hydrogens is 250 g/mol. The van der Waals surface area contributed by atoms with E-state index >= 15 is 0 Å². The van der Waals surface area contributed by atoms with Crippen LogP contribution in [0.3, 0.4) is 0 Å². The van der Waals surface area contributed by atoms with Gasteiger partial charge in [-0.25, -0.2) is 0 Å². The second-order valence-corrected chi connectivity index (χ2v) is 5.61. The first kappa shape index (κ1) is 17.0. The van der Waals surface area contributed by atoms with Crippen molar-refractivity contribution in [3.8, 4) is 5.75 Å². The van der Waals surface area contributed by atoms with E-state index in [0.29, 0.717) is 13.0 Å². The zero-order valence-electron chi connectivity index (χ0n) is 13.4. The van der Waals surface area contributed by atoms with Crippen LogP contribution in [-0.2, 0) is 0 Å². The molecule has 3 nitrogen and oxygen atoms in total. The Kier molecular flexibility index (Phi) is 6.50. The second-order valence-electron chi connectivity index (χ2n) is 5.61. The minimum absolute atomic E-state index is 0.137. The molecule has 0 saturated heterocycles. The summed E-state index contributed by atoms with van der Waals surface area (Å²) in [5.74, 6) is 1.24. The molecule has 0 spiro atoms. The van der Waals surface area contributed by atoms with Gasteiger partial charge in [-0.1, -0.05) is 19.9 Å². The third kappa shape index (κ3) is 3.97. The van der Waals surface area contributed by atoms with Crippen LogP contribution in [0, 0.1) is 13.8 Å². The molecule has 0 bridgehead atoms. The van der Waals surface area contributed by atoms with E-state index in [1.807, 2.05) is 19.9 Å². The SMILES string of the molecule is CCOc1ccc(C(C)CC(O)C(N)CC)c(C)c1C. The largest absolute Gasteiger partial charge is 0.494 e. The highest BCUT2D eigenvalue weighted by Gasteiger charge is 2.19. The maximum atomic E-state index is 10.1. The molecule has 0 aliphatic heterocycles. The first-order valence-electron chi connectivity index (χ1n) is 7.58. The molecule has 0 heterocycles. The topological polar surface area (TPSA) is 55.5 Å². The zero-order valence-corrected chi connectivity index (χ0v) is 13.4. The van der Waals surface area contributed by atoms with Crippen molar-refractivity contribution < 1.29 is 9.84 Å². The highest BCUT2D eigenvalue weighted by atomic mass is 16.5. The highest BCUT2D eigenvalue weighted by Crippen LogP contribution is 2.31. The van der Waals surface area contributed by atoms with Gasteiger partial charge in [0.1, 0.15) is 5.75 Å². The molecule has 0 radical (unpaired) electrons. The van der Waals surface area contributed by atoms with Crippen LogP contribution in [0.5, 0.6) is 5.75 Å². The molecule has 3 unspecified atom stereocenters. The van der Waals surface area contributed by atoms with Crippen LogP contribution >= 0.6 is 0 Å². The maximum Gasteiger partial charge on any atom is 0.122 e. The summed E-state index contributed by atoms with van der Waals surface area (Å²) in [7, 11) is 0. The predicted molar refractivity (Wildman–Crippen MR) is 84.4 cm³/mol. The third-order valence-corrected chi connectivity index (χ3v) is 4.17. The fourth-order valence-corrected chi connectivity index (χ4v) is 2.60. The molecule has 0 aliphatic rings. The minimum atomic E-state index is -0.443. The lowest BCUT2D eigenvalue weighted by atomic mass is 9.87. The quantitative estimate of drug-likeness (QED) is 0.805. The summed E-state index contributed by atoms with van der Waals surface area (Å²) in [6.45, 7) is 11.0. The number of nitrogens with two attached hydrogens (primary N) is 1. The van der Waals surface area contributed by atoms with Crippen molar-refractivity contribution in [3.63, 3.8) is 0 Å². The van der Waals surface area contributed by atoms with Gasteiger partial charge >= 0.3 is 0 Å². The minimum Gasteiger partial charge on any atom is -0.494 e. The molecule has 3 atom stereocenters. The van der Waals surface area contributed by atoms with E-state index in [9.17, 15) is 5.11 Å². The van der Waals surface area contributed by atoms with Crippen LogP contribution < -0.4 is 10.5 Å². The van der Waals surface area contributed by atoms with Crippen molar-refractivity contribution in [2.24, 2.45) is 5.73 Å². The lowest BCUT2D eigenvalue weighted by Gasteiger charge is -2.23. The standard InChI is InChI=1S/C17H29NO2/c1-6-15(18)16(19)10-11(3)14-8-9-17(20-7-2)13(5)12(14)4/h8-9,11,15-16,19H,6-7,10,18H2,1-5H3. The Morgan fingerprint density at radius 3 is 2.40 bits per heavy atom. The number of aliphatic hydroxyl groups excluding tert-OH is 1. The zero-order chi connectivity index (χ0) is 15.3. The summed E-state index contributed by atoms with van der Waals surface area (Å²) in [6.07, 6.45) is 1.06. The molecule has 0 amide bonds. The van der Waals surface area contributed by atoms with E-state index in [1.54, 1.807) is 0 Å². The van der Waals surface area contributed by atoms with Crippen LogP contribution in [0.4, 0.5) is 0 Å². The van der Waals surface area contributed by atoms with Gasteiger partial charge in [0, 0.05) is 6.04 Å². The number of aliphatic hydroxyl groups is 1. The van der Waals surface area contributed by atoms with Gasteiger partial charge in [-0.2, -0.15) is 0 Å². The maximum absolute atomic E-state index is 10.1. The number of hydrogen-bond acceptors (Lipinski definition) is 3. The Bertz CT molecular complexity index is 431. The molecule has 3 N–H and O–H groups in total.